The number of ether oxygens (including phenoxy) is 3. The van der Waals surface area contributed by atoms with E-state index in [2.05, 4.69) is 4.98 Å². The van der Waals surface area contributed by atoms with Crippen molar-refractivity contribution >= 4 is 23.0 Å². The number of hydrogen-bond donors (Lipinski definition) is 0. The van der Waals surface area contributed by atoms with Gasteiger partial charge in [-0.15, -0.1) is 0 Å². The number of carbonyl (C=O) groups is 2. The third-order valence-corrected chi connectivity index (χ3v) is 5.55. The highest BCUT2D eigenvalue weighted by Gasteiger charge is 2.27. The van der Waals surface area contributed by atoms with Crippen LogP contribution < -0.4 is 15.0 Å². The zero-order valence-corrected chi connectivity index (χ0v) is 18.3. The average Bonchev–Trinajstić information content (AvgIpc) is 3.14. The number of amides is 1. The number of rotatable bonds is 5. The van der Waals surface area contributed by atoms with Crippen LogP contribution >= 0.6 is 0 Å². The normalized spacial score (nSPS) is 13.1. The Morgan fingerprint density at radius 1 is 1.16 bits per heavy atom. The fraction of sp³-hybridized carbons (Fsp3) is 0.364. The fourth-order valence-electron chi connectivity index (χ4n) is 3.82. The van der Waals surface area contributed by atoms with Crippen LogP contribution in [0.15, 0.2) is 27.7 Å². The van der Waals surface area contributed by atoms with Crippen molar-refractivity contribution in [1.82, 2.24) is 14.5 Å². The predicted molar refractivity (Wildman–Crippen MR) is 113 cm³/mol. The van der Waals surface area contributed by atoms with Gasteiger partial charge in [-0.1, -0.05) is 0 Å². The lowest BCUT2D eigenvalue weighted by atomic mass is 9.99. The Labute approximate surface area is 183 Å². The summed E-state index contributed by atoms with van der Waals surface area (Å²) in [6.45, 7) is 1.94. The summed E-state index contributed by atoms with van der Waals surface area (Å²) in [6.07, 6.45) is 1.95. The molecule has 0 radical (unpaired) electrons. The topological polar surface area (TPSA) is 113 Å². The van der Waals surface area contributed by atoms with Crippen LogP contribution in [0.5, 0.6) is 11.5 Å². The predicted octanol–water partition coefficient (Wildman–Crippen LogP) is 1.59. The van der Waals surface area contributed by atoms with E-state index < -0.39 is 18.1 Å². The molecule has 0 aliphatic carbocycles. The summed E-state index contributed by atoms with van der Waals surface area (Å²) in [6, 6.07) is 3.76. The third kappa shape index (κ3) is 3.68. The van der Waals surface area contributed by atoms with E-state index in [4.69, 9.17) is 18.6 Å². The molecule has 32 heavy (non-hydrogen) atoms. The second-order valence-corrected chi connectivity index (χ2v) is 7.49. The number of aryl methyl sites for hydroxylation is 2. The summed E-state index contributed by atoms with van der Waals surface area (Å²) in [5.41, 5.74) is 1.64. The summed E-state index contributed by atoms with van der Waals surface area (Å²) in [4.78, 5) is 43.5. The zero-order valence-electron chi connectivity index (χ0n) is 18.3. The van der Waals surface area contributed by atoms with Crippen molar-refractivity contribution in [3.05, 3.63) is 51.3 Å². The van der Waals surface area contributed by atoms with Gasteiger partial charge in [0.25, 0.3) is 11.5 Å². The van der Waals surface area contributed by atoms with Crippen LogP contribution in [0.2, 0.25) is 0 Å². The van der Waals surface area contributed by atoms with Crippen LogP contribution in [-0.4, -0.2) is 53.7 Å². The number of carbonyl (C=O) groups excluding carboxylic acids is 2. The van der Waals surface area contributed by atoms with Gasteiger partial charge in [-0.05, 0) is 36.6 Å². The van der Waals surface area contributed by atoms with Gasteiger partial charge >= 0.3 is 5.97 Å². The molecule has 0 bridgehead atoms. The van der Waals surface area contributed by atoms with Gasteiger partial charge in [0.1, 0.15) is 23.0 Å². The molecule has 0 atom stereocenters. The fourth-order valence-corrected chi connectivity index (χ4v) is 3.82. The van der Waals surface area contributed by atoms with Gasteiger partial charge in [-0.25, -0.2) is 9.78 Å². The van der Waals surface area contributed by atoms with Crippen molar-refractivity contribution in [1.29, 1.82) is 0 Å². The van der Waals surface area contributed by atoms with Crippen molar-refractivity contribution in [2.45, 2.75) is 19.9 Å². The Morgan fingerprint density at radius 2 is 1.84 bits per heavy atom. The smallest absolute Gasteiger partial charge is 0.343 e. The van der Waals surface area contributed by atoms with E-state index in [-0.39, 0.29) is 28.3 Å². The maximum atomic E-state index is 12.7. The Bertz CT molecular complexity index is 1270. The van der Waals surface area contributed by atoms with Crippen LogP contribution in [-0.2, 0) is 29.5 Å². The molecule has 0 fully saturated rings. The molecule has 0 saturated carbocycles. The van der Waals surface area contributed by atoms with E-state index in [0.29, 0.717) is 31.0 Å². The van der Waals surface area contributed by atoms with Crippen LogP contribution in [0.25, 0.3) is 11.1 Å². The molecule has 0 N–H and O–H groups in total. The van der Waals surface area contributed by atoms with Crippen molar-refractivity contribution in [2.24, 2.45) is 7.05 Å². The van der Waals surface area contributed by atoms with Gasteiger partial charge in [0.15, 0.2) is 18.1 Å². The first-order chi connectivity index (χ1) is 15.3. The Morgan fingerprint density at radius 3 is 2.53 bits per heavy atom. The summed E-state index contributed by atoms with van der Waals surface area (Å²) < 4.78 is 22.6. The number of nitrogens with zero attached hydrogens (tertiary/aromatic N) is 3. The van der Waals surface area contributed by atoms with Gasteiger partial charge in [0, 0.05) is 20.1 Å². The summed E-state index contributed by atoms with van der Waals surface area (Å²) >= 11 is 0. The minimum Gasteiger partial charge on any atom is -0.493 e. The maximum Gasteiger partial charge on any atom is 0.343 e. The largest absolute Gasteiger partial charge is 0.493 e. The average molecular weight is 441 g/mol. The van der Waals surface area contributed by atoms with Gasteiger partial charge in [0.05, 0.1) is 14.2 Å². The second kappa shape index (κ2) is 8.37. The number of furan rings is 1. The molecule has 1 aromatic carbocycles. The highest BCUT2D eigenvalue weighted by Crippen LogP contribution is 2.33. The van der Waals surface area contributed by atoms with Gasteiger partial charge in [-0.2, -0.15) is 0 Å². The van der Waals surface area contributed by atoms with Crippen LogP contribution in [0.1, 0.15) is 27.2 Å². The molecule has 3 heterocycles. The van der Waals surface area contributed by atoms with Crippen LogP contribution in [0, 0.1) is 6.92 Å². The first-order valence-corrected chi connectivity index (χ1v) is 9.97. The molecule has 0 saturated heterocycles. The molecule has 3 aromatic rings. The first-order valence-electron chi connectivity index (χ1n) is 9.97. The van der Waals surface area contributed by atoms with Crippen molar-refractivity contribution < 1.29 is 28.2 Å². The van der Waals surface area contributed by atoms with E-state index in [1.807, 2.05) is 12.1 Å². The van der Waals surface area contributed by atoms with Gasteiger partial charge in [-0.3, -0.25) is 9.59 Å². The lowest BCUT2D eigenvalue weighted by Crippen LogP contribution is -2.38. The Hall–Kier alpha value is -3.82. The lowest BCUT2D eigenvalue weighted by molar-refractivity contribution is -0.135. The van der Waals surface area contributed by atoms with E-state index in [9.17, 15) is 14.4 Å². The molecular formula is C22H23N3O7. The standard InChI is InChI=1S/C22H23N3O7/c1-12-18(19-20(32-12)23-11-24(2)21(19)27)22(28)31-10-17(26)25-6-5-13-7-15(29-3)16(30-4)8-14(13)9-25/h7-8,11H,5-6,9-10H2,1-4H3. The van der Waals surface area contributed by atoms with Crippen LogP contribution in [0.3, 0.4) is 0 Å². The molecule has 10 heteroatoms. The molecule has 168 valence electrons. The number of methoxy groups -OCH3 is 2. The minimum absolute atomic E-state index is 0.0117. The molecule has 1 amide bonds. The van der Waals surface area contributed by atoms with Gasteiger partial charge in [0.2, 0.25) is 5.71 Å². The monoisotopic (exact) mass is 441 g/mol. The van der Waals surface area contributed by atoms with E-state index in [1.165, 1.54) is 17.9 Å². The highest BCUT2D eigenvalue weighted by atomic mass is 16.5. The highest BCUT2D eigenvalue weighted by molar-refractivity contribution is 6.03. The molecule has 10 nitrogen and oxygen atoms in total. The number of aromatic nitrogens is 2. The zero-order chi connectivity index (χ0) is 23.0. The minimum atomic E-state index is -0.802. The van der Waals surface area contributed by atoms with Crippen molar-refractivity contribution in [3.8, 4) is 11.5 Å². The first kappa shape index (κ1) is 21.4. The molecule has 1 aliphatic rings. The molecule has 4 rings (SSSR count). The SMILES string of the molecule is COc1cc2c(cc1OC)CN(C(=O)COC(=O)c1c(C)oc3ncn(C)c(=O)c13)CC2. The Balaban J connectivity index is 1.48. The van der Waals surface area contributed by atoms with E-state index >= 15 is 0 Å². The summed E-state index contributed by atoms with van der Waals surface area (Å²) in [7, 11) is 4.66. The summed E-state index contributed by atoms with van der Waals surface area (Å²) in [5.74, 6) is 0.299. The van der Waals surface area contributed by atoms with E-state index in [0.717, 1.165) is 11.1 Å². The number of fused-ring (bicyclic) bond motifs is 2. The number of hydrogen-bond acceptors (Lipinski definition) is 8. The molecule has 0 unspecified atom stereocenters. The van der Waals surface area contributed by atoms with Crippen molar-refractivity contribution in [2.75, 3.05) is 27.4 Å². The maximum absolute atomic E-state index is 12.7. The quantitative estimate of drug-likeness (QED) is 0.549. The molecular weight excluding hydrogens is 418 g/mol. The summed E-state index contributed by atoms with van der Waals surface area (Å²) in [5, 5.41) is 0.0397. The molecule has 1 aliphatic heterocycles. The number of esters is 1. The van der Waals surface area contributed by atoms with Crippen LogP contribution in [0.4, 0.5) is 0 Å². The number of benzene rings is 1. The van der Waals surface area contributed by atoms with Gasteiger partial charge < -0.3 is 28.1 Å². The second-order valence-electron chi connectivity index (χ2n) is 7.49. The van der Waals surface area contributed by atoms with Crippen molar-refractivity contribution in [3.63, 3.8) is 0 Å². The van der Waals surface area contributed by atoms with E-state index in [1.54, 1.807) is 26.0 Å². The lowest BCUT2D eigenvalue weighted by Gasteiger charge is -2.29. The molecule has 2 aromatic heterocycles. The Kier molecular flexibility index (Phi) is 5.60. The third-order valence-electron chi connectivity index (χ3n) is 5.55. The molecule has 0 spiro atoms.